The number of rotatable bonds is 5. The van der Waals surface area contributed by atoms with Crippen LogP contribution in [-0.4, -0.2) is 29.0 Å². The highest BCUT2D eigenvalue weighted by Crippen LogP contribution is 2.25. The molecule has 0 bridgehead atoms. The third-order valence-corrected chi connectivity index (χ3v) is 5.62. The SMILES string of the molecule is O=C(NCc1ccccc1Cl)C1CCCN(c2cc(-c3ccccc3)ncn2)C1. The molecule has 29 heavy (non-hydrogen) atoms. The van der Waals surface area contributed by atoms with Gasteiger partial charge in [-0.1, -0.05) is 60.1 Å². The molecule has 1 aliphatic heterocycles. The van der Waals surface area contributed by atoms with E-state index in [-0.39, 0.29) is 11.8 Å². The van der Waals surface area contributed by atoms with Crippen molar-refractivity contribution in [3.63, 3.8) is 0 Å². The van der Waals surface area contributed by atoms with Gasteiger partial charge < -0.3 is 10.2 Å². The molecule has 148 valence electrons. The van der Waals surface area contributed by atoms with Gasteiger partial charge in [-0.3, -0.25) is 4.79 Å². The minimum Gasteiger partial charge on any atom is -0.356 e. The smallest absolute Gasteiger partial charge is 0.225 e. The lowest BCUT2D eigenvalue weighted by Crippen LogP contribution is -2.43. The fourth-order valence-electron chi connectivity index (χ4n) is 3.65. The topological polar surface area (TPSA) is 58.1 Å². The largest absolute Gasteiger partial charge is 0.356 e. The summed E-state index contributed by atoms with van der Waals surface area (Å²) in [5.41, 5.74) is 2.88. The Morgan fingerprint density at radius 2 is 1.90 bits per heavy atom. The highest BCUT2D eigenvalue weighted by Gasteiger charge is 2.26. The predicted octanol–water partition coefficient (Wildman–Crippen LogP) is 4.33. The van der Waals surface area contributed by atoms with Crippen LogP contribution in [0.1, 0.15) is 18.4 Å². The summed E-state index contributed by atoms with van der Waals surface area (Å²) in [6, 6.07) is 19.6. The molecular weight excluding hydrogens is 384 g/mol. The van der Waals surface area contributed by atoms with E-state index in [1.54, 1.807) is 6.33 Å². The Bertz CT molecular complexity index is 979. The Kier molecular flexibility index (Phi) is 6.06. The number of carbonyl (C=O) groups excluding carboxylic acids is 1. The highest BCUT2D eigenvalue weighted by molar-refractivity contribution is 6.31. The van der Waals surface area contributed by atoms with E-state index in [1.807, 2.05) is 60.7 Å². The van der Waals surface area contributed by atoms with Crippen LogP contribution >= 0.6 is 11.6 Å². The highest BCUT2D eigenvalue weighted by atomic mass is 35.5. The molecule has 5 nitrogen and oxygen atoms in total. The van der Waals surface area contributed by atoms with Crippen LogP contribution < -0.4 is 10.2 Å². The number of amides is 1. The van der Waals surface area contributed by atoms with Crippen molar-refractivity contribution in [3.05, 3.63) is 77.6 Å². The fourth-order valence-corrected chi connectivity index (χ4v) is 3.86. The quantitative estimate of drug-likeness (QED) is 0.685. The minimum absolute atomic E-state index is 0.0620. The summed E-state index contributed by atoms with van der Waals surface area (Å²) in [6.45, 7) is 1.99. The Hall–Kier alpha value is -2.92. The number of benzene rings is 2. The van der Waals surface area contributed by atoms with Crippen LogP contribution in [0.2, 0.25) is 5.02 Å². The van der Waals surface area contributed by atoms with Crippen molar-refractivity contribution in [1.82, 2.24) is 15.3 Å². The molecule has 0 radical (unpaired) electrons. The first-order valence-corrected chi connectivity index (χ1v) is 10.2. The van der Waals surface area contributed by atoms with E-state index in [0.29, 0.717) is 18.1 Å². The van der Waals surface area contributed by atoms with Gasteiger partial charge in [0.05, 0.1) is 11.6 Å². The maximum atomic E-state index is 12.7. The number of hydrogen-bond donors (Lipinski definition) is 1. The molecule has 0 aliphatic carbocycles. The molecule has 1 amide bonds. The van der Waals surface area contributed by atoms with E-state index >= 15 is 0 Å². The number of anilines is 1. The van der Waals surface area contributed by atoms with Gasteiger partial charge >= 0.3 is 0 Å². The van der Waals surface area contributed by atoms with Crippen molar-refractivity contribution in [2.75, 3.05) is 18.0 Å². The molecule has 4 rings (SSSR count). The molecule has 2 aromatic carbocycles. The molecule has 6 heteroatoms. The van der Waals surface area contributed by atoms with Crippen LogP contribution in [0.15, 0.2) is 67.0 Å². The lowest BCUT2D eigenvalue weighted by atomic mass is 9.97. The van der Waals surface area contributed by atoms with Crippen LogP contribution in [0, 0.1) is 5.92 Å². The zero-order valence-corrected chi connectivity index (χ0v) is 16.8. The molecule has 1 unspecified atom stereocenters. The van der Waals surface area contributed by atoms with E-state index in [1.165, 1.54) is 0 Å². The van der Waals surface area contributed by atoms with E-state index in [2.05, 4.69) is 20.2 Å². The molecule has 0 spiro atoms. The second-order valence-electron chi connectivity index (χ2n) is 7.22. The number of nitrogens with zero attached hydrogens (tertiary/aromatic N) is 3. The molecule has 1 fully saturated rings. The monoisotopic (exact) mass is 406 g/mol. The van der Waals surface area contributed by atoms with E-state index in [0.717, 1.165) is 42.0 Å². The number of carbonyl (C=O) groups is 1. The first-order valence-electron chi connectivity index (χ1n) is 9.84. The summed E-state index contributed by atoms with van der Waals surface area (Å²) < 4.78 is 0. The van der Waals surface area contributed by atoms with Gasteiger partial charge in [0.2, 0.25) is 5.91 Å². The summed E-state index contributed by atoms with van der Waals surface area (Å²) in [6.07, 6.45) is 3.43. The summed E-state index contributed by atoms with van der Waals surface area (Å²) in [5.74, 6) is 0.857. The number of nitrogens with one attached hydrogen (secondary N) is 1. The van der Waals surface area contributed by atoms with Gasteiger partial charge in [-0.2, -0.15) is 0 Å². The Morgan fingerprint density at radius 1 is 1.10 bits per heavy atom. The van der Waals surface area contributed by atoms with Crippen molar-refractivity contribution in [2.24, 2.45) is 5.92 Å². The second-order valence-corrected chi connectivity index (χ2v) is 7.63. The van der Waals surface area contributed by atoms with Crippen molar-refractivity contribution in [1.29, 1.82) is 0 Å². The molecule has 0 saturated carbocycles. The molecule has 2 heterocycles. The predicted molar refractivity (Wildman–Crippen MR) is 116 cm³/mol. The average molecular weight is 407 g/mol. The van der Waals surface area contributed by atoms with Gasteiger partial charge in [-0.25, -0.2) is 9.97 Å². The van der Waals surface area contributed by atoms with Gasteiger partial charge in [0.25, 0.3) is 0 Å². The number of halogens is 1. The minimum atomic E-state index is -0.0682. The maximum absolute atomic E-state index is 12.7. The van der Waals surface area contributed by atoms with Crippen LogP contribution in [0.3, 0.4) is 0 Å². The standard InChI is InChI=1S/C23H23ClN4O/c24-20-11-5-4-9-18(20)14-25-23(29)19-10-6-12-28(15-19)22-13-21(26-16-27-22)17-7-2-1-3-8-17/h1-5,7-9,11,13,16,19H,6,10,12,14-15H2,(H,25,29). The third kappa shape index (κ3) is 4.74. The van der Waals surface area contributed by atoms with Gasteiger partial charge in [0.15, 0.2) is 0 Å². The van der Waals surface area contributed by atoms with Gasteiger partial charge in [0.1, 0.15) is 12.1 Å². The zero-order valence-electron chi connectivity index (χ0n) is 16.1. The molecule has 1 atom stereocenters. The van der Waals surface area contributed by atoms with Crippen molar-refractivity contribution >= 4 is 23.3 Å². The Morgan fingerprint density at radius 3 is 2.72 bits per heavy atom. The normalized spacial score (nSPS) is 16.4. The first-order chi connectivity index (χ1) is 14.2. The van der Waals surface area contributed by atoms with Crippen molar-refractivity contribution in [3.8, 4) is 11.3 Å². The molecule has 1 aliphatic rings. The first kappa shape index (κ1) is 19.4. The lowest BCUT2D eigenvalue weighted by molar-refractivity contribution is -0.125. The van der Waals surface area contributed by atoms with Crippen molar-refractivity contribution in [2.45, 2.75) is 19.4 Å². The Labute approximate surface area is 175 Å². The fraction of sp³-hybridized carbons (Fsp3) is 0.261. The molecule has 1 saturated heterocycles. The summed E-state index contributed by atoms with van der Waals surface area (Å²) >= 11 is 6.19. The van der Waals surface area contributed by atoms with Crippen LogP contribution in [0.4, 0.5) is 5.82 Å². The molecule has 1 aromatic heterocycles. The average Bonchev–Trinajstić information content (AvgIpc) is 2.79. The molecular formula is C23H23ClN4O. The number of piperidine rings is 1. The Balaban J connectivity index is 1.42. The lowest BCUT2D eigenvalue weighted by Gasteiger charge is -2.33. The van der Waals surface area contributed by atoms with Gasteiger partial charge in [-0.15, -0.1) is 0 Å². The molecule has 3 aromatic rings. The van der Waals surface area contributed by atoms with E-state index in [9.17, 15) is 4.79 Å². The summed E-state index contributed by atoms with van der Waals surface area (Å²) in [5, 5.41) is 3.71. The number of hydrogen-bond acceptors (Lipinski definition) is 4. The maximum Gasteiger partial charge on any atom is 0.225 e. The van der Waals surface area contributed by atoms with Gasteiger partial charge in [-0.05, 0) is 24.5 Å². The second kappa shape index (κ2) is 9.05. The number of aromatic nitrogens is 2. The van der Waals surface area contributed by atoms with Crippen LogP contribution in [0.25, 0.3) is 11.3 Å². The van der Waals surface area contributed by atoms with Crippen molar-refractivity contribution < 1.29 is 4.79 Å². The van der Waals surface area contributed by atoms with E-state index < -0.39 is 0 Å². The van der Waals surface area contributed by atoms with E-state index in [4.69, 9.17) is 11.6 Å². The van der Waals surface area contributed by atoms with Crippen LogP contribution in [0.5, 0.6) is 0 Å². The zero-order chi connectivity index (χ0) is 20.1. The summed E-state index contributed by atoms with van der Waals surface area (Å²) in [4.78, 5) is 23.8. The third-order valence-electron chi connectivity index (χ3n) is 5.25. The van der Waals surface area contributed by atoms with Gasteiger partial charge in [0, 0.05) is 36.3 Å². The molecule has 1 N–H and O–H groups in total. The van der Waals surface area contributed by atoms with Crippen LogP contribution in [-0.2, 0) is 11.3 Å². The summed E-state index contributed by atoms with van der Waals surface area (Å²) in [7, 11) is 0.